The van der Waals surface area contributed by atoms with Crippen molar-refractivity contribution in [2.45, 2.75) is 13.8 Å². The Hall–Kier alpha value is -3.61. The molecule has 0 atom stereocenters. The second kappa shape index (κ2) is 7.33. The molecule has 2 aromatic carbocycles. The van der Waals surface area contributed by atoms with Gasteiger partial charge in [0.2, 0.25) is 5.43 Å². The number of fused-ring (bicyclic) bond motifs is 1. The first-order chi connectivity index (χ1) is 12.9. The fourth-order valence-corrected chi connectivity index (χ4v) is 2.65. The van der Waals surface area contributed by atoms with Crippen molar-refractivity contribution in [3.8, 4) is 28.4 Å². The van der Waals surface area contributed by atoms with Crippen LogP contribution in [0, 0.1) is 0 Å². The lowest BCUT2D eigenvalue weighted by Gasteiger charge is -2.09. The van der Waals surface area contributed by atoms with E-state index >= 15 is 0 Å². The molecule has 3 aromatic rings. The lowest BCUT2D eigenvalue weighted by Crippen LogP contribution is -2.08. The zero-order valence-electron chi connectivity index (χ0n) is 14.9. The maximum Gasteiger partial charge on any atom is 0.308 e. The van der Waals surface area contributed by atoms with Gasteiger partial charge in [0.05, 0.1) is 12.7 Å². The predicted molar refractivity (Wildman–Crippen MR) is 97.1 cm³/mol. The molecule has 27 heavy (non-hydrogen) atoms. The van der Waals surface area contributed by atoms with E-state index in [0.29, 0.717) is 16.9 Å². The number of carbonyl (C=O) groups is 2. The summed E-state index contributed by atoms with van der Waals surface area (Å²) in [4.78, 5) is 35.1. The molecule has 1 aromatic heterocycles. The van der Waals surface area contributed by atoms with Crippen LogP contribution >= 0.6 is 0 Å². The van der Waals surface area contributed by atoms with Crippen molar-refractivity contribution in [3.63, 3.8) is 0 Å². The molecule has 0 N–H and O–H groups in total. The summed E-state index contributed by atoms with van der Waals surface area (Å²) in [5.41, 5.74) is 0.835. The van der Waals surface area contributed by atoms with Crippen LogP contribution in [0.1, 0.15) is 13.8 Å². The highest BCUT2D eigenvalue weighted by Crippen LogP contribution is 2.31. The molecule has 0 aliphatic heterocycles. The molecule has 0 fully saturated rings. The van der Waals surface area contributed by atoms with Crippen LogP contribution in [0.4, 0.5) is 0 Å². The Morgan fingerprint density at radius 1 is 0.926 bits per heavy atom. The van der Waals surface area contributed by atoms with Crippen LogP contribution < -0.4 is 19.6 Å². The van der Waals surface area contributed by atoms with Gasteiger partial charge in [-0.2, -0.15) is 0 Å². The molecule has 0 radical (unpaired) electrons. The quantitative estimate of drug-likeness (QED) is 0.515. The fourth-order valence-electron chi connectivity index (χ4n) is 2.65. The first kappa shape index (κ1) is 18.2. The lowest BCUT2D eigenvalue weighted by atomic mass is 10.0. The van der Waals surface area contributed by atoms with Gasteiger partial charge in [0.25, 0.3) is 0 Å². The van der Waals surface area contributed by atoms with Crippen molar-refractivity contribution < 1.29 is 28.2 Å². The molecular weight excluding hydrogens is 352 g/mol. The van der Waals surface area contributed by atoms with Crippen molar-refractivity contribution in [3.05, 3.63) is 52.9 Å². The third-order valence-corrected chi connectivity index (χ3v) is 3.72. The first-order valence-electron chi connectivity index (χ1n) is 8.00. The third-order valence-electron chi connectivity index (χ3n) is 3.72. The van der Waals surface area contributed by atoms with Crippen molar-refractivity contribution in [1.29, 1.82) is 0 Å². The molecule has 0 aliphatic carbocycles. The second-order valence-corrected chi connectivity index (χ2v) is 5.69. The van der Waals surface area contributed by atoms with E-state index in [1.165, 1.54) is 39.4 Å². The maximum atomic E-state index is 13.0. The number of benzene rings is 2. The minimum Gasteiger partial charge on any atom is -0.496 e. The number of rotatable bonds is 4. The maximum absolute atomic E-state index is 13.0. The van der Waals surface area contributed by atoms with Gasteiger partial charge >= 0.3 is 11.9 Å². The first-order valence-corrected chi connectivity index (χ1v) is 8.00. The minimum atomic E-state index is -0.497. The third kappa shape index (κ3) is 3.82. The van der Waals surface area contributed by atoms with Gasteiger partial charge in [-0.3, -0.25) is 14.4 Å². The summed E-state index contributed by atoms with van der Waals surface area (Å²) < 4.78 is 20.9. The lowest BCUT2D eigenvalue weighted by molar-refractivity contribution is -0.132. The Balaban J connectivity index is 2.10. The summed E-state index contributed by atoms with van der Waals surface area (Å²) >= 11 is 0. The van der Waals surface area contributed by atoms with E-state index in [1.807, 2.05) is 0 Å². The van der Waals surface area contributed by atoms with E-state index < -0.39 is 11.9 Å². The standard InChI is InChI=1S/C20H16O7/c1-11(21)26-14-6-4-13(5-7-14)16-10-25-18-9-15(27-12(2)22)8-17(24-3)19(18)20(16)23/h4-10H,1-3H3. The van der Waals surface area contributed by atoms with Crippen LogP contribution in [0.3, 0.4) is 0 Å². The summed E-state index contributed by atoms with van der Waals surface area (Å²) in [5.74, 6) is -0.103. The van der Waals surface area contributed by atoms with Crippen molar-refractivity contribution in [2.75, 3.05) is 7.11 Å². The number of esters is 2. The van der Waals surface area contributed by atoms with Crippen molar-refractivity contribution >= 4 is 22.9 Å². The summed E-state index contributed by atoms with van der Waals surface area (Å²) in [5, 5.41) is 0.231. The van der Waals surface area contributed by atoms with Gasteiger partial charge in [-0.25, -0.2) is 0 Å². The van der Waals surface area contributed by atoms with Gasteiger partial charge in [0.15, 0.2) is 0 Å². The molecule has 7 heteroatoms. The largest absolute Gasteiger partial charge is 0.496 e. The Bertz CT molecular complexity index is 1080. The molecule has 1 heterocycles. The zero-order valence-corrected chi connectivity index (χ0v) is 14.9. The van der Waals surface area contributed by atoms with Gasteiger partial charge in [-0.1, -0.05) is 12.1 Å². The molecule has 138 valence electrons. The second-order valence-electron chi connectivity index (χ2n) is 5.69. The van der Waals surface area contributed by atoms with Crippen LogP contribution in [-0.2, 0) is 9.59 Å². The molecule has 0 unspecified atom stereocenters. The fraction of sp³-hybridized carbons (Fsp3) is 0.150. The minimum absolute atomic E-state index is 0.216. The smallest absolute Gasteiger partial charge is 0.308 e. The topological polar surface area (TPSA) is 92.0 Å². The number of hydrogen-bond donors (Lipinski definition) is 0. The molecule has 7 nitrogen and oxygen atoms in total. The van der Waals surface area contributed by atoms with E-state index in [0.717, 1.165) is 0 Å². The monoisotopic (exact) mass is 368 g/mol. The van der Waals surface area contributed by atoms with Crippen LogP contribution in [0.2, 0.25) is 0 Å². The summed E-state index contributed by atoms with van der Waals surface area (Å²) in [6.07, 6.45) is 1.32. The number of ether oxygens (including phenoxy) is 3. The van der Waals surface area contributed by atoms with Crippen LogP contribution in [0.25, 0.3) is 22.1 Å². The highest BCUT2D eigenvalue weighted by molar-refractivity contribution is 5.89. The van der Waals surface area contributed by atoms with Crippen molar-refractivity contribution in [1.82, 2.24) is 0 Å². The van der Waals surface area contributed by atoms with Gasteiger partial charge in [0, 0.05) is 26.0 Å². The highest BCUT2D eigenvalue weighted by Gasteiger charge is 2.16. The molecular formula is C20H16O7. The van der Waals surface area contributed by atoms with Crippen molar-refractivity contribution in [2.24, 2.45) is 0 Å². The van der Waals surface area contributed by atoms with Crippen LogP contribution in [0.15, 0.2) is 51.9 Å². The molecule has 3 rings (SSSR count). The highest BCUT2D eigenvalue weighted by atomic mass is 16.5. The van der Waals surface area contributed by atoms with E-state index in [4.69, 9.17) is 18.6 Å². The Morgan fingerprint density at radius 2 is 1.56 bits per heavy atom. The Morgan fingerprint density at radius 3 is 2.15 bits per heavy atom. The van der Waals surface area contributed by atoms with Gasteiger partial charge in [-0.05, 0) is 17.7 Å². The van der Waals surface area contributed by atoms with Crippen LogP contribution in [-0.4, -0.2) is 19.0 Å². The van der Waals surface area contributed by atoms with Gasteiger partial charge in [0.1, 0.15) is 34.5 Å². The Labute approximate surface area is 154 Å². The molecule has 0 saturated carbocycles. The van der Waals surface area contributed by atoms with E-state index in [2.05, 4.69) is 0 Å². The molecule has 0 bridgehead atoms. The number of hydrogen-bond acceptors (Lipinski definition) is 7. The SMILES string of the molecule is COc1cc(OC(C)=O)cc2occ(-c3ccc(OC(C)=O)cc3)c(=O)c12. The normalized spacial score (nSPS) is 10.5. The Kier molecular flexibility index (Phi) is 4.94. The molecule has 0 aliphatic rings. The van der Waals surface area contributed by atoms with E-state index in [1.54, 1.807) is 24.3 Å². The summed E-state index contributed by atoms with van der Waals surface area (Å²) in [7, 11) is 1.41. The number of carbonyl (C=O) groups excluding carboxylic acids is 2. The average molecular weight is 368 g/mol. The molecule has 0 spiro atoms. The van der Waals surface area contributed by atoms with Gasteiger partial charge in [-0.15, -0.1) is 0 Å². The molecule has 0 amide bonds. The predicted octanol–water partition coefficient (Wildman–Crippen LogP) is 3.32. The number of methoxy groups -OCH3 is 1. The van der Waals surface area contributed by atoms with Gasteiger partial charge < -0.3 is 18.6 Å². The summed E-state index contributed by atoms with van der Waals surface area (Å²) in [6, 6.07) is 9.37. The van der Waals surface area contributed by atoms with E-state index in [-0.39, 0.29) is 27.9 Å². The zero-order chi connectivity index (χ0) is 19.6. The summed E-state index contributed by atoms with van der Waals surface area (Å²) in [6.45, 7) is 2.58. The van der Waals surface area contributed by atoms with E-state index in [9.17, 15) is 14.4 Å². The average Bonchev–Trinajstić information content (AvgIpc) is 2.61. The van der Waals surface area contributed by atoms with Crippen LogP contribution in [0.5, 0.6) is 17.2 Å². The molecule has 0 saturated heterocycles.